The minimum Gasteiger partial charge on any atom is -0.324 e. The number of hydrogen-bond donors (Lipinski definition) is 1. The normalized spacial score (nSPS) is 12.7. The van der Waals surface area contributed by atoms with E-state index in [-0.39, 0.29) is 6.04 Å². The van der Waals surface area contributed by atoms with E-state index >= 15 is 0 Å². The Balaban J connectivity index is 2.41. The molecule has 0 radical (unpaired) electrons. The van der Waals surface area contributed by atoms with E-state index in [0.717, 1.165) is 29.9 Å². The van der Waals surface area contributed by atoms with Gasteiger partial charge in [-0.05, 0) is 31.0 Å². The molecule has 1 heterocycles. The fourth-order valence-electron chi connectivity index (χ4n) is 1.96. The van der Waals surface area contributed by atoms with Crippen LogP contribution in [-0.2, 0) is 6.42 Å². The summed E-state index contributed by atoms with van der Waals surface area (Å²) in [6, 6.07) is 5.94. The zero-order valence-electron chi connectivity index (χ0n) is 10.7. The van der Waals surface area contributed by atoms with Gasteiger partial charge in [0.05, 0.1) is 10.7 Å². The van der Waals surface area contributed by atoms with E-state index in [1.807, 2.05) is 35.9 Å². The van der Waals surface area contributed by atoms with Gasteiger partial charge in [-0.2, -0.15) is 0 Å². The van der Waals surface area contributed by atoms with Crippen LogP contribution in [0.5, 0.6) is 0 Å². The second-order valence-electron chi connectivity index (χ2n) is 4.46. The third-order valence-electron chi connectivity index (χ3n) is 2.95. The van der Waals surface area contributed by atoms with Crippen molar-refractivity contribution >= 4 is 11.6 Å². The second kappa shape index (κ2) is 5.55. The number of hydrogen-bond acceptors (Lipinski definition) is 2. The molecule has 0 aliphatic heterocycles. The van der Waals surface area contributed by atoms with Crippen molar-refractivity contribution < 1.29 is 0 Å². The van der Waals surface area contributed by atoms with Gasteiger partial charge in [-0.25, -0.2) is 4.98 Å². The predicted molar refractivity (Wildman–Crippen MR) is 75.2 cm³/mol. The maximum absolute atomic E-state index is 6.33. The van der Waals surface area contributed by atoms with Gasteiger partial charge in [0.2, 0.25) is 0 Å². The van der Waals surface area contributed by atoms with Crippen LogP contribution < -0.4 is 5.73 Å². The summed E-state index contributed by atoms with van der Waals surface area (Å²) in [7, 11) is 0. The summed E-state index contributed by atoms with van der Waals surface area (Å²) in [6.07, 6.45) is 5.75. The third-order valence-corrected chi connectivity index (χ3v) is 3.25. The van der Waals surface area contributed by atoms with Crippen LogP contribution in [0.15, 0.2) is 30.6 Å². The van der Waals surface area contributed by atoms with Crippen molar-refractivity contribution in [3.05, 3.63) is 47.0 Å². The van der Waals surface area contributed by atoms with Gasteiger partial charge in [0.1, 0.15) is 5.82 Å². The van der Waals surface area contributed by atoms with Crippen LogP contribution in [0.2, 0.25) is 5.02 Å². The van der Waals surface area contributed by atoms with Crippen LogP contribution in [0.25, 0.3) is 5.69 Å². The lowest BCUT2D eigenvalue weighted by Gasteiger charge is -2.12. The molecule has 2 aromatic rings. The quantitative estimate of drug-likeness (QED) is 0.918. The van der Waals surface area contributed by atoms with E-state index in [9.17, 15) is 0 Å². The summed E-state index contributed by atoms with van der Waals surface area (Å²) in [6.45, 7) is 4.09. The molecule has 0 aliphatic carbocycles. The average molecular weight is 264 g/mol. The van der Waals surface area contributed by atoms with E-state index in [0.29, 0.717) is 5.02 Å². The van der Waals surface area contributed by atoms with Crippen molar-refractivity contribution in [3.8, 4) is 5.69 Å². The number of halogens is 1. The molecule has 1 aromatic carbocycles. The first-order chi connectivity index (χ1) is 8.63. The fraction of sp³-hybridized carbons (Fsp3) is 0.357. The molecule has 0 unspecified atom stereocenters. The molecule has 0 amide bonds. The molecular formula is C14H18ClN3. The SMILES string of the molecule is CCCc1nccn1-c1ccc([C@@H](C)N)cc1Cl. The summed E-state index contributed by atoms with van der Waals surface area (Å²) in [5.41, 5.74) is 7.85. The Labute approximate surface area is 113 Å². The molecule has 0 spiro atoms. The zero-order valence-corrected chi connectivity index (χ0v) is 11.5. The number of rotatable bonds is 4. The van der Waals surface area contributed by atoms with E-state index in [2.05, 4.69) is 11.9 Å². The van der Waals surface area contributed by atoms with Gasteiger partial charge in [0.15, 0.2) is 0 Å². The Morgan fingerprint density at radius 2 is 2.22 bits per heavy atom. The number of nitrogens with zero attached hydrogens (tertiary/aromatic N) is 2. The number of imidazole rings is 1. The van der Waals surface area contributed by atoms with Crippen LogP contribution in [0.1, 0.15) is 37.7 Å². The second-order valence-corrected chi connectivity index (χ2v) is 4.87. The van der Waals surface area contributed by atoms with Crippen molar-refractivity contribution in [2.75, 3.05) is 0 Å². The molecule has 0 bridgehead atoms. The number of benzene rings is 1. The van der Waals surface area contributed by atoms with Gasteiger partial charge in [-0.15, -0.1) is 0 Å². The molecule has 2 N–H and O–H groups in total. The molecule has 0 fully saturated rings. The van der Waals surface area contributed by atoms with E-state index in [4.69, 9.17) is 17.3 Å². The van der Waals surface area contributed by atoms with Gasteiger partial charge < -0.3 is 10.3 Å². The van der Waals surface area contributed by atoms with Crippen molar-refractivity contribution in [1.29, 1.82) is 0 Å². The predicted octanol–water partition coefficient (Wildman–Crippen LogP) is 3.50. The van der Waals surface area contributed by atoms with Gasteiger partial charge >= 0.3 is 0 Å². The first-order valence-corrected chi connectivity index (χ1v) is 6.59. The van der Waals surface area contributed by atoms with Gasteiger partial charge in [-0.1, -0.05) is 24.6 Å². The topological polar surface area (TPSA) is 43.8 Å². The first kappa shape index (κ1) is 13.1. The minimum absolute atomic E-state index is 0.00514. The summed E-state index contributed by atoms with van der Waals surface area (Å²) in [5.74, 6) is 1.04. The number of aryl methyl sites for hydroxylation is 1. The summed E-state index contributed by atoms with van der Waals surface area (Å²) in [4.78, 5) is 4.36. The van der Waals surface area contributed by atoms with Gasteiger partial charge in [0, 0.05) is 24.9 Å². The molecule has 1 aromatic heterocycles. The molecule has 18 heavy (non-hydrogen) atoms. The lowest BCUT2D eigenvalue weighted by atomic mass is 10.1. The van der Waals surface area contributed by atoms with Gasteiger partial charge in [-0.3, -0.25) is 0 Å². The molecule has 3 nitrogen and oxygen atoms in total. The molecule has 0 saturated heterocycles. The Bertz CT molecular complexity index is 532. The lowest BCUT2D eigenvalue weighted by Crippen LogP contribution is -2.06. The summed E-state index contributed by atoms with van der Waals surface area (Å²) in [5, 5.41) is 0.708. The minimum atomic E-state index is -0.00514. The van der Waals surface area contributed by atoms with Crippen molar-refractivity contribution in [3.63, 3.8) is 0 Å². The highest BCUT2D eigenvalue weighted by atomic mass is 35.5. The maximum Gasteiger partial charge on any atom is 0.113 e. The third kappa shape index (κ3) is 2.57. The van der Waals surface area contributed by atoms with Crippen molar-refractivity contribution in [1.82, 2.24) is 9.55 Å². The Kier molecular flexibility index (Phi) is 4.04. The van der Waals surface area contributed by atoms with Crippen LogP contribution in [-0.4, -0.2) is 9.55 Å². The van der Waals surface area contributed by atoms with Crippen molar-refractivity contribution in [2.45, 2.75) is 32.7 Å². The fourth-order valence-corrected chi connectivity index (χ4v) is 2.24. The molecule has 96 valence electrons. The van der Waals surface area contributed by atoms with E-state index in [1.165, 1.54) is 0 Å². The molecule has 0 aliphatic rings. The van der Waals surface area contributed by atoms with Gasteiger partial charge in [0.25, 0.3) is 0 Å². The maximum atomic E-state index is 6.33. The summed E-state index contributed by atoms with van der Waals surface area (Å²) < 4.78 is 2.04. The molecular weight excluding hydrogens is 246 g/mol. The van der Waals surface area contributed by atoms with Crippen LogP contribution in [0.4, 0.5) is 0 Å². The highest BCUT2D eigenvalue weighted by Crippen LogP contribution is 2.25. The summed E-state index contributed by atoms with van der Waals surface area (Å²) >= 11 is 6.33. The van der Waals surface area contributed by atoms with Crippen LogP contribution in [0.3, 0.4) is 0 Å². The number of aromatic nitrogens is 2. The lowest BCUT2D eigenvalue weighted by molar-refractivity contribution is 0.803. The van der Waals surface area contributed by atoms with E-state index < -0.39 is 0 Å². The van der Waals surface area contributed by atoms with Crippen LogP contribution in [0, 0.1) is 0 Å². The Morgan fingerprint density at radius 3 is 2.83 bits per heavy atom. The Hall–Kier alpha value is -1.32. The standard InChI is InChI=1S/C14H18ClN3/c1-3-4-14-17-7-8-18(14)13-6-5-11(10(2)16)9-12(13)15/h5-10H,3-4,16H2,1-2H3/t10-/m1/s1. The molecule has 1 atom stereocenters. The largest absolute Gasteiger partial charge is 0.324 e. The van der Waals surface area contributed by atoms with E-state index in [1.54, 1.807) is 6.20 Å². The molecule has 2 rings (SSSR count). The zero-order chi connectivity index (χ0) is 13.1. The highest BCUT2D eigenvalue weighted by Gasteiger charge is 2.09. The van der Waals surface area contributed by atoms with Crippen molar-refractivity contribution in [2.24, 2.45) is 5.73 Å². The highest BCUT2D eigenvalue weighted by molar-refractivity contribution is 6.32. The monoisotopic (exact) mass is 263 g/mol. The smallest absolute Gasteiger partial charge is 0.113 e. The Morgan fingerprint density at radius 1 is 1.44 bits per heavy atom. The van der Waals surface area contributed by atoms with Crippen LogP contribution >= 0.6 is 11.6 Å². The first-order valence-electron chi connectivity index (χ1n) is 6.21. The molecule has 0 saturated carbocycles. The average Bonchev–Trinajstić information content (AvgIpc) is 2.77. The molecule has 4 heteroatoms. The number of nitrogens with two attached hydrogens (primary N) is 1.